The molecule has 24 heavy (non-hydrogen) atoms. The Morgan fingerprint density at radius 1 is 1.46 bits per heavy atom. The zero-order valence-electron chi connectivity index (χ0n) is 14.7. The molecule has 1 fully saturated rings. The summed E-state index contributed by atoms with van der Waals surface area (Å²) in [6.45, 7) is 7.77. The van der Waals surface area contributed by atoms with Crippen LogP contribution < -0.4 is 10.6 Å². The molecule has 1 amide bonds. The van der Waals surface area contributed by atoms with Crippen molar-refractivity contribution in [2.75, 3.05) is 37.3 Å². The number of piperidine rings is 1. The first-order valence-electron chi connectivity index (χ1n) is 8.20. The van der Waals surface area contributed by atoms with Crippen LogP contribution in [0.2, 0.25) is 5.15 Å². The number of carbonyl (C=O) groups excluding carboxylic acids is 1. The van der Waals surface area contributed by atoms with Crippen LogP contribution in [0.15, 0.2) is 6.33 Å². The quantitative estimate of drug-likeness (QED) is 0.807. The Balaban J connectivity index is 1.92. The molecule has 1 atom stereocenters. The highest BCUT2D eigenvalue weighted by Crippen LogP contribution is 2.26. The van der Waals surface area contributed by atoms with E-state index in [9.17, 15) is 4.79 Å². The lowest BCUT2D eigenvalue weighted by Gasteiger charge is -2.34. The second-order valence-electron chi connectivity index (χ2n) is 6.95. The Labute approximate surface area is 148 Å². The fraction of sp³-hybridized carbons (Fsp3) is 0.688. The molecule has 8 heteroatoms. The average molecular weight is 356 g/mol. The zero-order valence-corrected chi connectivity index (χ0v) is 15.5. The van der Waals surface area contributed by atoms with E-state index in [1.807, 2.05) is 20.8 Å². The van der Waals surface area contributed by atoms with Gasteiger partial charge in [0.05, 0.1) is 0 Å². The predicted octanol–water partition coefficient (Wildman–Crippen LogP) is 3.23. The van der Waals surface area contributed by atoms with Crippen molar-refractivity contribution in [1.82, 2.24) is 14.9 Å². The van der Waals surface area contributed by atoms with Gasteiger partial charge >= 0.3 is 6.09 Å². The maximum atomic E-state index is 12.2. The lowest BCUT2D eigenvalue weighted by atomic mass is 9.98. The van der Waals surface area contributed by atoms with Crippen molar-refractivity contribution in [2.45, 2.75) is 39.2 Å². The van der Waals surface area contributed by atoms with E-state index in [0.29, 0.717) is 35.7 Å². The van der Waals surface area contributed by atoms with Crippen LogP contribution >= 0.6 is 11.6 Å². The minimum Gasteiger partial charge on any atom is -0.444 e. The molecule has 0 aliphatic carbocycles. The van der Waals surface area contributed by atoms with Crippen LogP contribution in [0.1, 0.15) is 33.6 Å². The number of amides is 1. The Morgan fingerprint density at radius 2 is 2.21 bits per heavy atom. The summed E-state index contributed by atoms with van der Waals surface area (Å²) in [5.41, 5.74) is 0.209. The molecule has 0 spiro atoms. The standard InChI is InChI=1S/C16H26ClN5O2/c1-16(2,3)24-15(23)22-7-5-6-11(9-22)8-19-14-12(18-4)13(17)20-10-21-14/h10-11,18H,5-9H2,1-4H3,(H,19,20,21). The number of ether oxygens (including phenoxy) is 1. The molecular formula is C16H26ClN5O2. The van der Waals surface area contributed by atoms with E-state index >= 15 is 0 Å². The van der Waals surface area contributed by atoms with Gasteiger partial charge in [-0.25, -0.2) is 14.8 Å². The fourth-order valence-electron chi connectivity index (χ4n) is 2.68. The largest absolute Gasteiger partial charge is 0.444 e. The normalized spacial score (nSPS) is 18.2. The number of hydrogen-bond acceptors (Lipinski definition) is 6. The molecule has 2 heterocycles. The highest BCUT2D eigenvalue weighted by molar-refractivity contribution is 6.32. The number of halogens is 1. The van der Waals surface area contributed by atoms with Crippen molar-refractivity contribution in [2.24, 2.45) is 5.92 Å². The first-order valence-corrected chi connectivity index (χ1v) is 8.58. The smallest absolute Gasteiger partial charge is 0.410 e. The van der Waals surface area contributed by atoms with Crippen LogP contribution in [-0.4, -0.2) is 53.2 Å². The molecule has 0 bridgehead atoms. The van der Waals surface area contributed by atoms with E-state index in [2.05, 4.69) is 20.6 Å². The third-order valence-corrected chi connectivity index (χ3v) is 4.07. The van der Waals surface area contributed by atoms with E-state index in [0.717, 1.165) is 19.4 Å². The van der Waals surface area contributed by atoms with Gasteiger partial charge < -0.3 is 20.3 Å². The van der Waals surface area contributed by atoms with Crippen molar-refractivity contribution in [1.29, 1.82) is 0 Å². The number of likely N-dealkylation sites (tertiary alicyclic amines) is 1. The second kappa shape index (κ2) is 7.88. The van der Waals surface area contributed by atoms with Crippen LogP contribution in [0.5, 0.6) is 0 Å². The molecule has 1 aromatic rings. The molecule has 0 saturated carbocycles. The highest BCUT2D eigenvalue weighted by atomic mass is 35.5. The van der Waals surface area contributed by atoms with Gasteiger partial charge in [0.2, 0.25) is 0 Å². The molecule has 1 unspecified atom stereocenters. The number of hydrogen-bond donors (Lipinski definition) is 2. The maximum Gasteiger partial charge on any atom is 0.410 e. The number of rotatable bonds is 4. The number of nitrogens with one attached hydrogen (secondary N) is 2. The monoisotopic (exact) mass is 355 g/mol. The summed E-state index contributed by atoms with van der Waals surface area (Å²) in [6.07, 6.45) is 3.21. The van der Waals surface area contributed by atoms with Gasteiger partial charge in [0.25, 0.3) is 0 Å². The average Bonchev–Trinajstić information content (AvgIpc) is 2.51. The van der Waals surface area contributed by atoms with E-state index in [1.54, 1.807) is 11.9 Å². The third-order valence-electron chi connectivity index (χ3n) is 3.78. The van der Waals surface area contributed by atoms with Crippen LogP contribution in [0, 0.1) is 5.92 Å². The lowest BCUT2D eigenvalue weighted by Crippen LogP contribution is -2.44. The van der Waals surface area contributed by atoms with Crippen LogP contribution in [0.4, 0.5) is 16.3 Å². The predicted molar refractivity (Wildman–Crippen MR) is 95.6 cm³/mol. The topological polar surface area (TPSA) is 79.4 Å². The minimum absolute atomic E-state index is 0.242. The van der Waals surface area contributed by atoms with Gasteiger partial charge in [-0.15, -0.1) is 0 Å². The number of aromatic nitrogens is 2. The SMILES string of the molecule is CNc1c(Cl)ncnc1NCC1CCCN(C(=O)OC(C)(C)C)C1. The summed E-state index contributed by atoms with van der Waals surface area (Å²) >= 11 is 6.05. The molecule has 1 aliphatic rings. The second-order valence-corrected chi connectivity index (χ2v) is 7.31. The number of carbonyl (C=O) groups is 1. The molecule has 0 radical (unpaired) electrons. The van der Waals surface area contributed by atoms with Gasteiger partial charge in [0.1, 0.15) is 17.6 Å². The summed E-state index contributed by atoms with van der Waals surface area (Å²) in [4.78, 5) is 22.2. The van der Waals surface area contributed by atoms with Crippen molar-refractivity contribution < 1.29 is 9.53 Å². The first kappa shape index (κ1) is 18.6. The Kier molecular flexibility index (Phi) is 6.10. The van der Waals surface area contributed by atoms with Crippen molar-refractivity contribution in [3.05, 3.63) is 11.5 Å². The molecule has 1 aromatic heterocycles. The Hall–Kier alpha value is -1.76. The van der Waals surface area contributed by atoms with Crippen molar-refractivity contribution in [3.8, 4) is 0 Å². The Morgan fingerprint density at radius 3 is 2.88 bits per heavy atom. The minimum atomic E-state index is -0.471. The number of anilines is 2. The molecule has 134 valence electrons. The molecule has 2 N–H and O–H groups in total. The van der Waals surface area contributed by atoms with Crippen LogP contribution in [-0.2, 0) is 4.74 Å². The molecule has 1 saturated heterocycles. The first-order chi connectivity index (χ1) is 11.3. The summed E-state index contributed by atoms with van der Waals surface area (Å²) in [5.74, 6) is 1.01. The van der Waals surface area contributed by atoms with Crippen LogP contribution in [0.3, 0.4) is 0 Å². The molecule has 2 rings (SSSR count). The highest BCUT2D eigenvalue weighted by Gasteiger charge is 2.27. The summed E-state index contributed by atoms with van der Waals surface area (Å²) in [6, 6.07) is 0. The molecular weight excluding hydrogens is 330 g/mol. The Bertz CT molecular complexity index is 576. The summed E-state index contributed by atoms with van der Waals surface area (Å²) in [7, 11) is 1.78. The van der Waals surface area contributed by atoms with E-state index in [1.165, 1.54) is 6.33 Å². The van der Waals surface area contributed by atoms with Gasteiger partial charge in [0, 0.05) is 26.7 Å². The van der Waals surface area contributed by atoms with E-state index in [-0.39, 0.29) is 6.09 Å². The van der Waals surface area contributed by atoms with E-state index < -0.39 is 5.60 Å². The van der Waals surface area contributed by atoms with Gasteiger partial charge in [-0.2, -0.15) is 0 Å². The summed E-state index contributed by atoms with van der Waals surface area (Å²) in [5, 5.41) is 6.69. The van der Waals surface area contributed by atoms with Gasteiger partial charge in [-0.1, -0.05) is 11.6 Å². The van der Waals surface area contributed by atoms with Gasteiger partial charge in [-0.3, -0.25) is 0 Å². The fourth-order valence-corrected chi connectivity index (χ4v) is 2.91. The molecule has 7 nitrogen and oxygen atoms in total. The van der Waals surface area contributed by atoms with E-state index in [4.69, 9.17) is 16.3 Å². The summed E-state index contributed by atoms with van der Waals surface area (Å²) < 4.78 is 5.46. The van der Waals surface area contributed by atoms with Gasteiger partial charge in [-0.05, 0) is 39.5 Å². The maximum absolute atomic E-state index is 12.2. The number of nitrogens with zero attached hydrogens (tertiary/aromatic N) is 3. The molecule has 0 aromatic carbocycles. The lowest BCUT2D eigenvalue weighted by molar-refractivity contribution is 0.0172. The molecule has 1 aliphatic heterocycles. The van der Waals surface area contributed by atoms with Gasteiger partial charge in [0.15, 0.2) is 11.0 Å². The zero-order chi connectivity index (χ0) is 17.7. The third kappa shape index (κ3) is 5.12. The van der Waals surface area contributed by atoms with Crippen molar-refractivity contribution in [3.63, 3.8) is 0 Å². The van der Waals surface area contributed by atoms with Crippen molar-refractivity contribution >= 4 is 29.2 Å². The van der Waals surface area contributed by atoms with Crippen LogP contribution in [0.25, 0.3) is 0 Å².